The second-order valence-electron chi connectivity index (χ2n) is 4.07. The molecule has 0 aliphatic rings. The molecule has 1 N–H and O–H groups in total. The number of rotatable bonds is 4. The van der Waals surface area contributed by atoms with Gasteiger partial charge in [0.1, 0.15) is 5.76 Å². The molecule has 0 atom stereocenters. The molecule has 0 radical (unpaired) electrons. The fourth-order valence-electron chi connectivity index (χ4n) is 2.14. The fraction of sp³-hybridized carbons (Fsp3) is 0.385. The van der Waals surface area contributed by atoms with Crippen LogP contribution in [0.4, 0.5) is 0 Å². The molecule has 0 amide bonds. The van der Waals surface area contributed by atoms with Crippen LogP contribution in [-0.4, -0.2) is 20.9 Å². The molecule has 0 bridgehead atoms. The van der Waals surface area contributed by atoms with Gasteiger partial charge < -0.3 is 9.52 Å². The van der Waals surface area contributed by atoms with E-state index < -0.39 is 5.97 Å². The molecule has 2 aromatic heterocycles. The van der Waals surface area contributed by atoms with Crippen molar-refractivity contribution in [3.05, 3.63) is 29.3 Å². The number of hydrogen-bond acceptors (Lipinski definition) is 3. The molecule has 0 aliphatic carbocycles. The predicted octanol–water partition coefficient (Wildman–Crippen LogP) is 2.50. The van der Waals surface area contributed by atoms with E-state index in [1.54, 1.807) is 6.07 Å². The van der Waals surface area contributed by atoms with Crippen LogP contribution in [0.15, 0.2) is 16.5 Å². The monoisotopic (exact) mass is 248 g/mol. The third-order valence-corrected chi connectivity index (χ3v) is 2.97. The van der Waals surface area contributed by atoms with Crippen LogP contribution in [0.3, 0.4) is 0 Å². The molecule has 96 valence electrons. The van der Waals surface area contributed by atoms with Gasteiger partial charge in [-0.2, -0.15) is 5.10 Å². The number of nitrogens with zero attached hydrogens (tertiary/aromatic N) is 2. The van der Waals surface area contributed by atoms with E-state index in [1.807, 2.05) is 25.6 Å². The van der Waals surface area contributed by atoms with Crippen molar-refractivity contribution in [1.82, 2.24) is 9.78 Å². The Bertz CT molecular complexity index is 581. The van der Waals surface area contributed by atoms with Crippen LogP contribution in [0.25, 0.3) is 11.3 Å². The van der Waals surface area contributed by atoms with E-state index in [2.05, 4.69) is 5.10 Å². The second kappa shape index (κ2) is 4.68. The summed E-state index contributed by atoms with van der Waals surface area (Å²) in [5, 5.41) is 13.3. The third-order valence-electron chi connectivity index (χ3n) is 2.97. The minimum Gasteiger partial charge on any atom is -0.475 e. The van der Waals surface area contributed by atoms with E-state index in [1.165, 1.54) is 6.07 Å². The van der Waals surface area contributed by atoms with Crippen molar-refractivity contribution in [3.8, 4) is 11.3 Å². The summed E-state index contributed by atoms with van der Waals surface area (Å²) in [5.74, 6) is -0.520. The number of furan rings is 1. The molecule has 2 heterocycles. The number of carboxylic acids is 1. The van der Waals surface area contributed by atoms with Gasteiger partial charge in [0, 0.05) is 12.7 Å². The third kappa shape index (κ3) is 1.92. The molecule has 0 aromatic carbocycles. The Balaban J connectivity index is 2.57. The maximum atomic E-state index is 10.8. The maximum absolute atomic E-state index is 10.8. The number of carbonyl (C=O) groups is 1. The van der Waals surface area contributed by atoms with E-state index in [4.69, 9.17) is 9.52 Å². The first-order valence-electron chi connectivity index (χ1n) is 5.96. The molecule has 0 spiro atoms. The summed E-state index contributed by atoms with van der Waals surface area (Å²) in [5.41, 5.74) is 2.91. The van der Waals surface area contributed by atoms with Gasteiger partial charge in [0.05, 0.1) is 11.3 Å². The van der Waals surface area contributed by atoms with Crippen molar-refractivity contribution in [2.75, 3.05) is 0 Å². The highest BCUT2D eigenvalue weighted by molar-refractivity contribution is 5.85. The van der Waals surface area contributed by atoms with Crippen molar-refractivity contribution in [2.45, 2.75) is 26.7 Å². The lowest BCUT2D eigenvalue weighted by Crippen LogP contribution is -1.97. The number of carboxylic acid groups (broad SMARTS) is 1. The summed E-state index contributed by atoms with van der Waals surface area (Å²) < 4.78 is 7.21. The highest BCUT2D eigenvalue weighted by Gasteiger charge is 2.19. The van der Waals surface area contributed by atoms with Crippen molar-refractivity contribution in [2.24, 2.45) is 7.05 Å². The van der Waals surface area contributed by atoms with Gasteiger partial charge in [-0.15, -0.1) is 0 Å². The van der Waals surface area contributed by atoms with E-state index in [9.17, 15) is 4.79 Å². The first kappa shape index (κ1) is 12.4. The van der Waals surface area contributed by atoms with Crippen LogP contribution in [0.2, 0.25) is 0 Å². The summed E-state index contributed by atoms with van der Waals surface area (Å²) in [7, 11) is 1.89. The topological polar surface area (TPSA) is 68.3 Å². The number of aromatic carboxylic acids is 1. The summed E-state index contributed by atoms with van der Waals surface area (Å²) in [4.78, 5) is 10.8. The Hall–Kier alpha value is -2.04. The van der Waals surface area contributed by atoms with Crippen molar-refractivity contribution < 1.29 is 14.3 Å². The van der Waals surface area contributed by atoms with Crippen molar-refractivity contribution in [3.63, 3.8) is 0 Å². The number of aryl methyl sites for hydroxylation is 2. The van der Waals surface area contributed by atoms with Crippen LogP contribution in [-0.2, 0) is 19.9 Å². The Morgan fingerprint density at radius 3 is 2.61 bits per heavy atom. The summed E-state index contributed by atoms with van der Waals surface area (Å²) in [6.07, 6.45) is 1.61. The number of hydrogen-bond donors (Lipinski definition) is 1. The smallest absolute Gasteiger partial charge is 0.371 e. The molecule has 2 rings (SSSR count). The lowest BCUT2D eigenvalue weighted by molar-refractivity contribution is 0.0663. The molecule has 0 fully saturated rings. The van der Waals surface area contributed by atoms with E-state index in [0.29, 0.717) is 5.76 Å². The van der Waals surface area contributed by atoms with Crippen LogP contribution in [0.1, 0.15) is 35.8 Å². The maximum Gasteiger partial charge on any atom is 0.371 e. The van der Waals surface area contributed by atoms with Gasteiger partial charge in [0.25, 0.3) is 0 Å². The van der Waals surface area contributed by atoms with Crippen LogP contribution < -0.4 is 0 Å². The lowest BCUT2D eigenvalue weighted by atomic mass is 10.1. The Morgan fingerprint density at radius 2 is 2.11 bits per heavy atom. The minimum absolute atomic E-state index is 0.0436. The SMILES string of the molecule is CCc1nn(C)c(CC)c1-c1ccc(C(=O)O)o1. The standard InChI is InChI=1S/C13H16N2O3/c1-4-8-12(9(5-2)15(3)14-8)10-6-7-11(18-10)13(16)17/h6-7H,4-5H2,1-3H3,(H,16,17). The first-order valence-corrected chi connectivity index (χ1v) is 5.96. The van der Waals surface area contributed by atoms with Gasteiger partial charge in [0.2, 0.25) is 5.76 Å². The average molecular weight is 248 g/mol. The zero-order valence-electron chi connectivity index (χ0n) is 10.7. The largest absolute Gasteiger partial charge is 0.475 e. The molecular weight excluding hydrogens is 232 g/mol. The van der Waals surface area contributed by atoms with Gasteiger partial charge in [-0.1, -0.05) is 13.8 Å². The second-order valence-corrected chi connectivity index (χ2v) is 4.07. The normalized spacial score (nSPS) is 10.8. The zero-order valence-corrected chi connectivity index (χ0v) is 10.7. The van der Waals surface area contributed by atoms with Gasteiger partial charge in [-0.25, -0.2) is 4.79 Å². The highest BCUT2D eigenvalue weighted by atomic mass is 16.4. The van der Waals surface area contributed by atoms with Crippen LogP contribution in [0, 0.1) is 0 Å². The fourth-order valence-corrected chi connectivity index (χ4v) is 2.14. The predicted molar refractivity (Wildman–Crippen MR) is 66.6 cm³/mol. The Morgan fingerprint density at radius 1 is 1.39 bits per heavy atom. The summed E-state index contributed by atoms with van der Waals surface area (Å²) in [6.45, 7) is 4.06. The quantitative estimate of drug-likeness (QED) is 0.902. The van der Waals surface area contributed by atoms with E-state index >= 15 is 0 Å². The molecule has 5 nitrogen and oxygen atoms in total. The van der Waals surface area contributed by atoms with Crippen molar-refractivity contribution >= 4 is 5.97 Å². The van der Waals surface area contributed by atoms with Crippen LogP contribution >= 0.6 is 0 Å². The van der Waals surface area contributed by atoms with Gasteiger partial charge >= 0.3 is 5.97 Å². The Labute approximate surface area is 105 Å². The molecule has 0 aliphatic heterocycles. The first-order chi connectivity index (χ1) is 8.58. The zero-order chi connectivity index (χ0) is 13.3. The average Bonchev–Trinajstić information content (AvgIpc) is 2.92. The molecule has 0 saturated carbocycles. The van der Waals surface area contributed by atoms with Crippen molar-refractivity contribution in [1.29, 1.82) is 0 Å². The summed E-state index contributed by atoms with van der Waals surface area (Å²) >= 11 is 0. The van der Waals surface area contributed by atoms with Gasteiger partial charge in [-0.3, -0.25) is 4.68 Å². The molecule has 2 aromatic rings. The Kier molecular flexibility index (Phi) is 3.23. The highest BCUT2D eigenvalue weighted by Crippen LogP contribution is 2.30. The van der Waals surface area contributed by atoms with Gasteiger partial charge in [-0.05, 0) is 25.0 Å². The van der Waals surface area contributed by atoms with Crippen LogP contribution in [0.5, 0.6) is 0 Å². The van der Waals surface area contributed by atoms with Gasteiger partial charge in [0.15, 0.2) is 0 Å². The molecule has 18 heavy (non-hydrogen) atoms. The minimum atomic E-state index is -1.05. The molecule has 5 heteroatoms. The molecular formula is C13H16N2O3. The van der Waals surface area contributed by atoms with E-state index in [0.717, 1.165) is 29.8 Å². The van der Waals surface area contributed by atoms with E-state index in [-0.39, 0.29) is 5.76 Å². The number of aromatic nitrogens is 2. The molecule has 0 saturated heterocycles. The molecule has 0 unspecified atom stereocenters. The lowest BCUT2D eigenvalue weighted by Gasteiger charge is -2.01. The summed E-state index contributed by atoms with van der Waals surface area (Å²) in [6, 6.07) is 3.17.